The summed E-state index contributed by atoms with van der Waals surface area (Å²) >= 11 is 0. The fraction of sp³-hybridized carbons (Fsp3) is 0.500. The van der Waals surface area contributed by atoms with Gasteiger partial charge in [-0.15, -0.1) is 0 Å². The van der Waals surface area contributed by atoms with Gasteiger partial charge in [0.15, 0.2) is 0 Å². The number of hydrogen-bond donors (Lipinski definition) is 1. The minimum absolute atomic E-state index is 0.136. The van der Waals surface area contributed by atoms with Gasteiger partial charge in [-0.1, -0.05) is 6.07 Å². The lowest BCUT2D eigenvalue weighted by Gasteiger charge is -2.19. The maximum Gasteiger partial charge on any atom is 0.125 e. The molecule has 1 aromatic carbocycles. The molecule has 0 aromatic heterocycles. The van der Waals surface area contributed by atoms with Gasteiger partial charge in [0.2, 0.25) is 0 Å². The van der Waals surface area contributed by atoms with Crippen LogP contribution in [0.1, 0.15) is 0 Å². The van der Waals surface area contributed by atoms with E-state index in [1.807, 2.05) is 6.07 Å². The van der Waals surface area contributed by atoms with Crippen LogP contribution in [0.4, 0.5) is 10.1 Å². The standard InChI is InChI=1S/C12H15FN2/c13-11-2-1-3-12(4-11)15-7-9-5-14-6-10(9)8-15/h1-4,9-10,14H,5-8H2/t9-,10+. The number of rotatable bonds is 1. The first-order valence-corrected chi connectivity index (χ1v) is 5.54. The number of benzene rings is 1. The molecule has 2 saturated heterocycles. The zero-order valence-corrected chi connectivity index (χ0v) is 8.62. The fourth-order valence-electron chi connectivity index (χ4n) is 2.74. The number of hydrogen-bond acceptors (Lipinski definition) is 2. The molecule has 0 saturated carbocycles. The van der Waals surface area contributed by atoms with Crippen LogP contribution >= 0.6 is 0 Å². The minimum atomic E-state index is -0.136. The molecule has 0 aliphatic carbocycles. The van der Waals surface area contributed by atoms with E-state index in [9.17, 15) is 4.39 Å². The van der Waals surface area contributed by atoms with Crippen molar-refractivity contribution in [1.29, 1.82) is 0 Å². The van der Waals surface area contributed by atoms with Crippen molar-refractivity contribution in [3.63, 3.8) is 0 Å². The maximum atomic E-state index is 13.1. The predicted octanol–water partition coefficient (Wildman–Crippen LogP) is 1.48. The van der Waals surface area contributed by atoms with Crippen molar-refractivity contribution in [2.24, 2.45) is 11.8 Å². The Kier molecular flexibility index (Phi) is 2.13. The molecule has 3 rings (SSSR count). The van der Waals surface area contributed by atoms with Crippen molar-refractivity contribution in [2.75, 3.05) is 31.1 Å². The molecule has 2 aliphatic heterocycles. The molecule has 2 aliphatic rings. The van der Waals surface area contributed by atoms with Crippen molar-refractivity contribution < 1.29 is 4.39 Å². The third-order valence-corrected chi connectivity index (χ3v) is 3.56. The summed E-state index contributed by atoms with van der Waals surface area (Å²) in [5.41, 5.74) is 1.03. The first kappa shape index (κ1) is 9.16. The largest absolute Gasteiger partial charge is 0.371 e. The predicted molar refractivity (Wildman–Crippen MR) is 58.5 cm³/mol. The highest BCUT2D eigenvalue weighted by Crippen LogP contribution is 2.30. The molecule has 2 heterocycles. The van der Waals surface area contributed by atoms with E-state index in [2.05, 4.69) is 10.2 Å². The Hall–Kier alpha value is -1.09. The normalized spacial score (nSPS) is 29.5. The first-order chi connectivity index (χ1) is 7.33. The van der Waals surface area contributed by atoms with Gasteiger partial charge in [0, 0.05) is 31.9 Å². The maximum absolute atomic E-state index is 13.1. The van der Waals surface area contributed by atoms with Crippen molar-refractivity contribution in [3.05, 3.63) is 30.1 Å². The van der Waals surface area contributed by atoms with Crippen LogP contribution in [-0.4, -0.2) is 26.2 Å². The minimum Gasteiger partial charge on any atom is -0.371 e. The highest BCUT2D eigenvalue weighted by molar-refractivity contribution is 5.47. The molecule has 15 heavy (non-hydrogen) atoms. The number of halogens is 1. The van der Waals surface area contributed by atoms with Gasteiger partial charge in [0.25, 0.3) is 0 Å². The Morgan fingerprint density at radius 2 is 1.93 bits per heavy atom. The molecular formula is C12H15FN2. The van der Waals surface area contributed by atoms with Crippen LogP contribution in [-0.2, 0) is 0 Å². The van der Waals surface area contributed by atoms with E-state index < -0.39 is 0 Å². The van der Waals surface area contributed by atoms with Crippen molar-refractivity contribution >= 4 is 5.69 Å². The molecule has 0 spiro atoms. The molecule has 2 nitrogen and oxygen atoms in total. The summed E-state index contributed by atoms with van der Waals surface area (Å²) in [5, 5.41) is 3.41. The quantitative estimate of drug-likeness (QED) is 0.748. The number of nitrogens with one attached hydrogen (secondary N) is 1. The van der Waals surface area contributed by atoms with Gasteiger partial charge in [0.1, 0.15) is 5.82 Å². The van der Waals surface area contributed by atoms with Crippen LogP contribution in [0.15, 0.2) is 24.3 Å². The molecule has 0 radical (unpaired) electrons. The van der Waals surface area contributed by atoms with Crippen molar-refractivity contribution in [2.45, 2.75) is 0 Å². The van der Waals surface area contributed by atoms with Gasteiger partial charge in [-0.05, 0) is 30.0 Å². The van der Waals surface area contributed by atoms with Gasteiger partial charge in [-0.25, -0.2) is 4.39 Å². The summed E-state index contributed by atoms with van der Waals surface area (Å²) in [6, 6.07) is 6.92. The second-order valence-electron chi connectivity index (χ2n) is 4.56. The van der Waals surface area contributed by atoms with Crippen LogP contribution in [0.2, 0.25) is 0 Å². The molecule has 0 bridgehead atoms. The smallest absolute Gasteiger partial charge is 0.125 e. The zero-order valence-electron chi connectivity index (χ0n) is 8.62. The average Bonchev–Trinajstić information content (AvgIpc) is 2.76. The molecule has 1 N–H and O–H groups in total. The van der Waals surface area contributed by atoms with E-state index in [1.54, 1.807) is 12.1 Å². The summed E-state index contributed by atoms with van der Waals surface area (Å²) in [7, 11) is 0. The third-order valence-electron chi connectivity index (χ3n) is 3.56. The molecule has 2 atom stereocenters. The van der Waals surface area contributed by atoms with E-state index in [0.29, 0.717) is 0 Å². The van der Waals surface area contributed by atoms with Crippen LogP contribution in [0.25, 0.3) is 0 Å². The molecule has 0 amide bonds. The molecule has 3 heteroatoms. The van der Waals surface area contributed by atoms with Gasteiger partial charge in [-0.2, -0.15) is 0 Å². The van der Waals surface area contributed by atoms with E-state index in [4.69, 9.17) is 0 Å². The Morgan fingerprint density at radius 3 is 2.60 bits per heavy atom. The second-order valence-corrected chi connectivity index (χ2v) is 4.56. The molecule has 80 valence electrons. The lowest BCUT2D eigenvalue weighted by molar-refractivity contribution is 0.533. The van der Waals surface area contributed by atoms with Gasteiger partial charge in [0.05, 0.1) is 0 Å². The van der Waals surface area contributed by atoms with Crippen molar-refractivity contribution in [3.8, 4) is 0 Å². The zero-order chi connectivity index (χ0) is 10.3. The van der Waals surface area contributed by atoms with Crippen LogP contribution in [0, 0.1) is 17.7 Å². The topological polar surface area (TPSA) is 15.3 Å². The Bertz CT molecular complexity index is 354. The summed E-state index contributed by atoms with van der Waals surface area (Å²) in [6.45, 7) is 4.38. The Morgan fingerprint density at radius 1 is 1.20 bits per heavy atom. The highest BCUT2D eigenvalue weighted by atomic mass is 19.1. The van der Waals surface area contributed by atoms with Crippen LogP contribution in [0.5, 0.6) is 0 Å². The van der Waals surface area contributed by atoms with Crippen LogP contribution in [0.3, 0.4) is 0 Å². The Balaban J connectivity index is 1.79. The lowest BCUT2D eigenvalue weighted by atomic mass is 10.0. The second kappa shape index (κ2) is 3.49. The SMILES string of the molecule is Fc1cccc(N2C[C@H]3CNC[C@H]3C2)c1. The van der Waals surface area contributed by atoms with E-state index >= 15 is 0 Å². The molecule has 1 aromatic rings. The number of anilines is 1. The third kappa shape index (κ3) is 1.61. The monoisotopic (exact) mass is 206 g/mol. The van der Waals surface area contributed by atoms with E-state index in [-0.39, 0.29) is 5.82 Å². The summed E-state index contributed by atoms with van der Waals surface area (Å²) in [6.07, 6.45) is 0. The lowest BCUT2D eigenvalue weighted by Crippen LogP contribution is -2.25. The van der Waals surface area contributed by atoms with Crippen LogP contribution < -0.4 is 10.2 Å². The first-order valence-electron chi connectivity index (χ1n) is 5.54. The summed E-state index contributed by atoms with van der Waals surface area (Å²) in [5.74, 6) is 1.38. The summed E-state index contributed by atoms with van der Waals surface area (Å²) in [4.78, 5) is 2.30. The number of nitrogens with zero attached hydrogens (tertiary/aromatic N) is 1. The molecule has 0 unspecified atom stereocenters. The Labute approximate surface area is 89.1 Å². The average molecular weight is 206 g/mol. The molecular weight excluding hydrogens is 191 g/mol. The molecule has 2 fully saturated rings. The highest BCUT2D eigenvalue weighted by Gasteiger charge is 2.36. The summed E-state index contributed by atoms with van der Waals surface area (Å²) < 4.78 is 13.1. The van der Waals surface area contributed by atoms with Crippen molar-refractivity contribution in [1.82, 2.24) is 5.32 Å². The number of fused-ring (bicyclic) bond motifs is 1. The van der Waals surface area contributed by atoms with Gasteiger partial charge < -0.3 is 10.2 Å². The van der Waals surface area contributed by atoms with E-state index in [1.165, 1.54) is 6.07 Å². The fourth-order valence-corrected chi connectivity index (χ4v) is 2.74. The van der Waals surface area contributed by atoms with E-state index in [0.717, 1.165) is 43.7 Å². The van der Waals surface area contributed by atoms with Gasteiger partial charge in [-0.3, -0.25) is 0 Å². The van der Waals surface area contributed by atoms with Gasteiger partial charge >= 0.3 is 0 Å².